The van der Waals surface area contributed by atoms with E-state index in [4.69, 9.17) is 0 Å². The van der Waals surface area contributed by atoms with Crippen molar-refractivity contribution in [3.8, 4) is 11.1 Å². The molecule has 0 saturated heterocycles. The molecule has 29 heavy (non-hydrogen) atoms. The van der Waals surface area contributed by atoms with Gasteiger partial charge in [-0.25, -0.2) is 22.2 Å². The van der Waals surface area contributed by atoms with Gasteiger partial charge in [0.2, 0.25) is 5.91 Å². The third kappa shape index (κ3) is 4.72. The summed E-state index contributed by atoms with van der Waals surface area (Å²) in [5.41, 5.74) is 1.66. The van der Waals surface area contributed by atoms with Crippen LogP contribution in [-0.4, -0.2) is 24.3 Å². The molecule has 0 bridgehead atoms. The SMILES string of the molecule is CC(=O)Nc1cc(-c2cnc(C)c(NS(=O)(=O)c3ccc(F)cc3F)c2)ccn1. The number of carbonyl (C=O) groups is 1. The maximum Gasteiger partial charge on any atom is 0.264 e. The summed E-state index contributed by atoms with van der Waals surface area (Å²) in [4.78, 5) is 18.7. The first kappa shape index (κ1) is 20.3. The van der Waals surface area contributed by atoms with Gasteiger partial charge in [-0.05, 0) is 42.8 Å². The summed E-state index contributed by atoms with van der Waals surface area (Å²) in [7, 11) is -4.31. The molecule has 0 atom stereocenters. The van der Waals surface area contributed by atoms with Crippen LogP contribution in [0.15, 0.2) is 53.7 Å². The van der Waals surface area contributed by atoms with Crippen LogP contribution >= 0.6 is 0 Å². The van der Waals surface area contributed by atoms with Crippen LogP contribution < -0.4 is 10.0 Å². The Morgan fingerprint density at radius 3 is 2.48 bits per heavy atom. The average Bonchev–Trinajstić information content (AvgIpc) is 2.62. The standard InChI is InChI=1S/C19H16F2N4O3S/c1-11-17(25-29(27,28)18-4-3-15(20)9-16(18)21)7-14(10-23-11)13-5-6-22-19(8-13)24-12(2)26/h3-10,25H,1-2H3,(H,22,24,26). The molecule has 1 aromatic carbocycles. The van der Waals surface area contributed by atoms with Crippen molar-refractivity contribution in [3.05, 3.63) is 66.1 Å². The van der Waals surface area contributed by atoms with Gasteiger partial charge in [0.25, 0.3) is 10.0 Å². The van der Waals surface area contributed by atoms with E-state index in [1.165, 1.54) is 25.4 Å². The van der Waals surface area contributed by atoms with E-state index >= 15 is 0 Å². The minimum Gasteiger partial charge on any atom is -0.311 e. The predicted octanol–water partition coefficient (Wildman–Crippen LogP) is 3.49. The highest BCUT2D eigenvalue weighted by Crippen LogP contribution is 2.27. The van der Waals surface area contributed by atoms with Crippen molar-refractivity contribution in [1.82, 2.24) is 9.97 Å². The second-order valence-electron chi connectivity index (χ2n) is 6.15. The number of halogens is 2. The van der Waals surface area contributed by atoms with Gasteiger partial charge in [-0.1, -0.05) is 0 Å². The number of sulfonamides is 1. The Morgan fingerprint density at radius 1 is 1.03 bits per heavy atom. The molecule has 0 saturated carbocycles. The van der Waals surface area contributed by atoms with Crippen LogP contribution in [0.2, 0.25) is 0 Å². The molecule has 0 aliphatic carbocycles. The monoisotopic (exact) mass is 418 g/mol. The summed E-state index contributed by atoms with van der Waals surface area (Å²) in [5.74, 6) is -2.04. The van der Waals surface area contributed by atoms with Crippen molar-refractivity contribution in [2.45, 2.75) is 18.7 Å². The predicted molar refractivity (Wildman–Crippen MR) is 104 cm³/mol. The number of nitrogens with zero attached hydrogens (tertiary/aromatic N) is 2. The molecule has 1 amide bonds. The molecule has 0 radical (unpaired) electrons. The normalized spacial score (nSPS) is 11.2. The minimum atomic E-state index is -4.31. The second-order valence-corrected chi connectivity index (χ2v) is 7.80. The van der Waals surface area contributed by atoms with Gasteiger partial charge in [-0.2, -0.15) is 0 Å². The van der Waals surface area contributed by atoms with Crippen molar-refractivity contribution < 1.29 is 22.0 Å². The fourth-order valence-electron chi connectivity index (χ4n) is 2.55. The summed E-state index contributed by atoms with van der Waals surface area (Å²) in [6.45, 7) is 2.93. The van der Waals surface area contributed by atoms with E-state index in [-0.39, 0.29) is 11.6 Å². The Labute approximate surface area is 165 Å². The highest BCUT2D eigenvalue weighted by molar-refractivity contribution is 7.92. The lowest BCUT2D eigenvalue weighted by Gasteiger charge is -2.13. The summed E-state index contributed by atoms with van der Waals surface area (Å²) in [5, 5.41) is 2.56. The van der Waals surface area contributed by atoms with Gasteiger partial charge in [0, 0.05) is 30.9 Å². The molecule has 0 fully saturated rings. The quantitative estimate of drug-likeness (QED) is 0.661. The Bertz CT molecular complexity index is 1200. The van der Waals surface area contributed by atoms with E-state index in [1.807, 2.05) is 0 Å². The summed E-state index contributed by atoms with van der Waals surface area (Å²) in [6.07, 6.45) is 3.01. The van der Waals surface area contributed by atoms with Gasteiger partial charge in [0.15, 0.2) is 0 Å². The first-order chi connectivity index (χ1) is 13.7. The number of hydrogen-bond acceptors (Lipinski definition) is 5. The van der Waals surface area contributed by atoms with Crippen LogP contribution in [0.5, 0.6) is 0 Å². The number of nitrogens with one attached hydrogen (secondary N) is 2. The van der Waals surface area contributed by atoms with E-state index in [1.54, 1.807) is 19.1 Å². The lowest BCUT2D eigenvalue weighted by molar-refractivity contribution is -0.114. The van der Waals surface area contributed by atoms with E-state index in [0.717, 1.165) is 12.1 Å². The molecule has 3 aromatic rings. The lowest BCUT2D eigenvalue weighted by atomic mass is 10.1. The third-order valence-electron chi connectivity index (χ3n) is 3.91. The highest BCUT2D eigenvalue weighted by Gasteiger charge is 2.21. The number of pyridine rings is 2. The Hall–Kier alpha value is -3.40. The fourth-order valence-corrected chi connectivity index (χ4v) is 3.71. The van der Waals surface area contributed by atoms with Gasteiger partial charge < -0.3 is 5.32 Å². The van der Waals surface area contributed by atoms with E-state index < -0.39 is 26.6 Å². The van der Waals surface area contributed by atoms with E-state index in [9.17, 15) is 22.0 Å². The number of carbonyl (C=O) groups excluding carboxylic acids is 1. The van der Waals surface area contributed by atoms with E-state index in [0.29, 0.717) is 28.7 Å². The number of anilines is 2. The Kier molecular flexibility index (Phi) is 5.55. The number of amides is 1. The van der Waals surface area contributed by atoms with Crippen LogP contribution in [-0.2, 0) is 14.8 Å². The largest absolute Gasteiger partial charge is 0.311 e. The van der Waals surface area contributed by atoms with Crippen LogP contribution in [0.4, 0.5) is 20.3 Å². The smallest absolute Gasteiger partial charge is 0.264 e. The van der Waals surface area contributed by atoms with Crippen LogP contribution in [0.1, 0.15) is 12.6 Å². The third-order valence-corrected chi connectivity index (χ3v) is 5.31. The van der Waals surface area contributed by atoms with Crippen molar-refractivity contribution in [1.29, 1.82) is 0 Å². The van der Waals surface area contributed by atoms with Gasteiger partial charge in [0.05, 0.1) is 11.4 Å². The molecular weight excluding hydrogens is 402 g/mol. The number of benzene rings is 1. The zero-order valence-corrected chi connectivity index (χ0v) is 16.2. The van der Waals surface area contributed by atoms with Crippen molar-refractivity contribution >= 4 is 27.4 Å². The first-order valence-corrected chi connectivity index (χ1v) is 9.82. The summed E-state index contributed by atoms with van der Waals surface area (Å²) < 4.78 is 54.4. The molecular formula is C19H16F2N4O3S. The summed E-state index contributed by atoms with van der Waals surface area (Å²) in [6, 6.07) is 6.99. The molecule has 0 aliphatic heterocycles. The first-order valence-electron chi connectivity index (χ1n) is 8.34. The van der Waals surface area contributed by atoms with Gasteiger partial charge in [-0.15, -0.1) is 0 Å². The zero-order chi connectivity index (χ0) is 21.2. The molecule has 2 heterocycles. The van der Waals surface area contributed by atoms with Gasteiger partial charge in [0.1, 0.15) is 22.3 Å². The van der Waals surface area contributed by atoms with Crippen LogP contribution in [0.3, 0.4) is 0 Å². The molecule has 7 nitrogen and oxygen atoms in total. The van der Waals surface area contributed by atoms with Crippen LogP contribution in [0, 0.1) is 18.6 Å². The lowest BCUT2D eigenvalue weighted by Crippen LogP contribution is -2.16. The molecule has 0 unspecified atom stereocenters. The maximum atomic E-state index is 13.9. The van der Waals surface area contributed by atoms with E-state index in [2.05, 4.69) is 20.0 Å². The zero-order valence-electron chi connectivity index (χ0n) is 15.4. The number of aryl methyl sites for hydroxylation is 1. The fraction of sp³-hybridized carbons (Fsp3) is 0.105. The molecule has 0 aliphatic rings. The van der Waals surface area contributed by atoms with Gasteiger partial charge in [-0.3, -0.25) is 14.5 Å². The number of rotatable bonds is 5. The molecule has 2 N–H and O–H groups in total. The molecule has 150 valence electrons. The highest BCUT2D eigenvalue weighted by atomic mass is 32.2. The van der Waals surface area contributed by atoms with Crippen molar-refractivity contribution in [2.75, 3.05) is 10.0 Å². The van der Waals surface area contributed by atoms with Crippen molar-refractivity contribution in [2.24, 2.45) is 0 Å². The molecule has 3 rings (SSSR count). The van der Waals surface area contributed by atoms with Crippen molar-refractivity contribution in [3.63, 3.8) is 0 Å². The Morgan fingerprint density at radius 2 is 1.79 bits per heavy atom. The number of hydrogen-bond donors (Lipinski definition) is 2. The average molecular weight is 418 g/mol. The Balaban J connectivity index is 1.97. The van der Waals surface area contributed by atoms with Crippen LogP contribution in [0.25, 0.3) is 11.1 Å². The van der Waals surface area contributed by atoms with Gasteiger partial charge >= 0.3 is 0 Å². The summed E-state index contributed by atoms with van der Waals surface area (Å²) >= 11 is 0. The number of aromatic nitrogens is 2. The molecule has 2 aromatic heterocycles. The molecule has 0 spiro atoms. The topological polar surface area (TPSA) is 101 Å². The maximum absolute atomic E-state index is 13.9. The second kappa shape index (κ2) is 7.92. The molecule has 10 heteroatoms. The minimum absolute atomic E-state index is 0.129.